The molecule has 1 atom stereocenters. The number of aromatic nitrogens is 2. The van der Waals surface area contributed by atoms with Crippen LogP contribution in [0.2, 0.25) is 5.02 Å². The van der Waals surface area contributed by atoms with Crippen LogP contribution in [0.3, 0.4) is 0 Å². The fourth-order valence-electron chi connectivity index (χ4n) is 3.04. The molecule has 0 bridgehead atoms. The highest BCUT2D eigenvalue weighted by Crippen LogP contribution is 2.30. The SMILES string of the molecule is CCn1c(C(C)NS(=O)(=O)c2cc(Cl)ccc2OC)cnc1Oc1ccc(C)cc1. The third-order valence-corrected chi connectivity index (χ3v) is 6.38. The van der Waals surface area contributed by atoms with Gasteiger partial charge in [0.15, 0.2) is 0 Å². The number of hydrogen-bond acceptors (Lipinski definition) is 5. The molecule has 1 unspecified atom stereocenters. The molecule has 0 saturated heterocycles. The van der Waals surface area contributed by atoms with Gasteiger partial charge >= 0.3 is 6.01 Å². The molecule has 3 rings (SSSR count). The number of aryl methyl sites for hydroxylation is 1. The molecule has 1 N–H and O–H groups in total. The van der Waals surface area contributed by atoms with Crippen LogP contribution in [0.25, 0.3) is 0 Å². The van der Waals surface area contributed by atoms with Gasteiger partial charge in [-0.1, -0.05) is 29.3 Å². The summed E-state index contributed by atoms with van der Waals surface area (Å²) in [6, 6.07) is 11.9. The lowest BCUT2D eigenvalue weighted by Gasteiger charge is -2.18. The van der Waals surface area contributed by atoms with Crippen LogP contribution < -0.4 is 14.2 Å². The number of methoxy groups -OCH3 is 1. The normalized spacial score (nSPS) is 12.6. The first-order chi connectivity index (χ1) is 14.2. The summed E-state index contributed by atoms with van der Waals surface area (Å²) in [5.74, 6) is 0.871. The van der Waals surface area contributed by atoms with E-state index in [0.29, 0.717) is 29.0 Å². The number of imidazole rings is 1. The van der Waals surface area contributed by atoms with Gasteiger partial charge in [-0.05, 0) is 51.1 Å². The number of nitrogens with one attached hydrogen (secondary N) is 1. The second-order valence-electron chi connectivity index (χ2n) is 6.76. The lowest BCUT2D eigenvalue weighted by atomic mass is 10.2. The molecule has 160 valence electrons. The predicted molar refractivity (Wildman–Crippen MR) is 116 cm³/mol. The maximum atomic E-state index is 13.0. The Morgan fingerprint density at radius 1 is 1.20 bits per heavy atom. The molecular weight excluding hydrogens is 426 g/mol. The number of ether oxygens (including phenoxy) is 2. The van der Waals surface area contributed by atoms with E-state index in [1.807, 2.05) is 42.7 Å². The lowest BCUT2D eigenvalue weighted by molar-refractivity contribution is 0.401. The minimum Gasteiger partial charge on any atom is -0.495 e. The maximum absolute atomic E-state index is 13.0. The van der Waals surface area contributed by atoms with Gasteiger partial charge < -0.3 is 9.47 Å². The molecule has 3 aromatic rings. The van der Waals surface area contributed by atoms with E-state index in [1.165, 1.54) is 19.2 Å². The average Bonchev–Trinajstić information content (AvgIpc) is 3.12. The summed E-state index contributed by atoms with van der Waals surface area (Å²) < 4.78 is 41.5. The average molecular weight is 450 g/mol. The zero-order valence-electron chi connectivity index (χ0n) is 17.2. The minimum absolute atomic E-state index is 0.0250. The van der Waals surface area contributed by atoms with Gasteiger partial charge in [0, 0.05) is 11.6 Å². The Balaban J connectivity index is 1.86. The molecule has 1 heterocycles. The number of nitrogens with zero attached hydrogens (tertiary/aromatic N) is 2. The van der Waals surface area contributed by atoms with Crippen LogP contribution in [0.1, 0.15) is 31.1 Å². The molecule has 7 nitrogen and oxygen atoms in total. The number of benzene rings is 2. The summed E-state index contributed by atoms with van der Waals surface area (Å²) in [4.78, 5) is 4.31. The molecular formula is C21H24ClN3O4S. The van der Waals surface area contributed by atoms with E-state index in [0.717, 1.165) is 5.56 Å². The van der Waals surface area contributed by atoms with Gasteiger partial charge in [0.2, 0.25) is 10.0 Å². The van der Waals surface area contributed by atoms with Gasteiger partial charge in [0.1, 0.15) is 16.4 Å². The summed E-state index contributed by atoms with van der Waals surface area (Å²) in [7, 11) is -2.48. The number of hydrogen-bond donors (Lipinski definition) is 1. The summed E-state index contributed by atoms with van der Waals surface area (Å²) >= 11 is 5.99. The van der Waals surface area contributed by atoms with Crippen LogP contribution in [0, 0.1) is 6.92 Å². The largest absolute Gasteiger partial charge is 0.495 e. The molecule has 30 heavy (non-hydrogen) atoms. The van der Waals surface area contributed by atoms with Crippen molar-refractivity contribution in [3.8, 4) is 17.5 Å². The molecule has 0 aliphatic heterocycles. The first-order valence-corrected chi connectivity index (χ1v) is 11.3. The Hall–Kier alpha value is -2.55. The molecule has 9 heteroatoms. The standard InChI is InChI=1S/C21H24ClN3O4S/c1-5-25-18(13-23-21(25)29-17-9-6-14(2)7-10-17)15(3)24-30(26,27)20-12-16(22)8-11-19(20)28-4/h6-13,15,24H,5H2,1-4H3. The van der Waals surface area contributed by atoms with Crippen LogP contribution in [-0.2, 0) is 16.6 Å². The third kappa shape index (κ3) is 4.77. The van der Waals surface area contributed by atoms with Crippen molar-refractivity contribution in [3.05, 3.63) is 64.9 Å². The van der Waals surface area contributed by atoms with Crippen molar-refractivity contribution >= 4 is 21.6 Å². The monoisotopic (exact) mass is 449 g/mol. The summed E-state index contributed by atoms with van der Waals surface area (Å²) in [5.41, 5.74) is 1.80. The second-order valence-corrected chi connectivity index (χ2v) is 8.88. The lowest BCUT2D eigenvalue weighted by Crippen LogP contribution is -2.28. The molecule has 0 amide bonds. The van der Waals surface area contributed by atoms with Gasteiger partial charge in [-0.2, -0.15) is 0 Å². The van der Waals surface area contributed by atoms with Crippen molar-refractivity contribution in [1.29, 1.82) is 0 Å². The van der Waals surface area contributed by atoms with E-state index in [4.69, 9.17) is 21.1 Å². The molecule has 0 aliphatic carbocycles. The number of halogens is 1. The fourth-order valence-corrected chi connectivity index (χ4v) is 4.69. The highest BCUT2D eigenvalue weighted by molar-refractivity contribution is 7.89. The van der Waals surface area contributed by atoms with Gasteiger partial charge in [0.25, 0.3) is 0 Å². The quantitative estimate of drug-likeness (QED) is 0.538. The molecule has 2 aromatic carbocycles. The van der Waals surface area contributed by atoms with Crippen molar-refractivity contribution in [1.82, 2.24) is 14.3 Å². The molecule has 0 spiro atoms. The molecule has 0 radical (unpaired) electrons. The van der Waals surface area contributed by atoms with Crippen molar-refractivity contribution in [3.63, 3.8) is 0 Å². The van der Waals surface area contributed by atoms with Crippen LogP contribution in [-0.4, -0.2) is 25.1 Å². The van der Waals surface area contributed by atoms with Crippen molar-refractivity contribution in [2.75, 3.05) is 7.11 Å². The first-order valence-electron chi connectivity index (χ1n) is 9.41. The van der Waals surface area contributed by atoms with Gasteiger partial charge in [-0.15, -0.1) is 0 Å². The van der Waals surface area contributed by atoms with Crippen LogP contribution >= 0.6 is 11.6 Å². The van der Waals surface area contributed by atoms with Gasteiger partial charge in [-0.25, -0.2) is 18.1 Å². The topological polar surface area (TPSA) is 82.5 Å². The third-order valence-electron chi connectivity index (χ3n) is 4.59. The summed E-state index contributed by atoms with van der Waals surface area (Å²) in [5, 5.41) is 0.302. The minimum atomic E-state index is -3.89. The zero-order chi connectivity index (χ0) is 21.9. The van der Waals surface area contributed by atoms with Gasteiger partial charge in [0.05, 0.1) is 25.0 Å². The van der Waals surface area contributed by atoms with Gasteiger partial charge in [-0.3, -0.25) is 4.57 Å². The van der Waals surface area contributed by atoms with E-state index in [9.17, 15) is 8.42 Å². The van der Waals surface area contributed by atoms with E-state index >= 15 is 0 Å². The smallest absolute Gasteiger partial charge is 0.302 e. The van der Waals surface area contributed by atoms with E-state index in [2.05, 4.69) is 9.71 Å². The highest BCUT2D eigenvalue weighted by Gasteiger charge is 2.25. The van der Waals surface area contributed by atoms with Crippen LogP contribution in [0.15, 0.2) is 53.6 Å². The Labute approximate surface area is 181 Å². The Morgan fingerprint density at radius 2 is 1.90 bits per heavy atom. The zero-order valence-corrected chi connectivity index (χ0v) is 18.8. The predicted octanol–water partition coefficient (Wildman–Crippen LogP) is 4.71. The van der Waals surface area contributed by atoms with Crippen molar-refractivity contribution in [2.45, 2.75) is 38.3 Å². The van der Waals surface area contributed by atoms with Crippen LogP contribution in [0.4, 0.5) is 0 Å². The molecule has 0 saturated carbocycles. The van der Waals surface area contributed by atoms with E-state index in [-0.39, 0.29) is 10.6 Å². The summed E-state index contributed by atoms with van der Waals surface area (Å²) in [6.45, 7) is 6.24. The molecule has 0 fully saturated rings. The first kappa shape index (κ1) is 22.1. The maximum Gasteiger partial charge on any atom is 0.302 e. The Kier molecular flexibility index (Phi) is 6.70. The van der Waals surface area contributed by atoms with Crippen molar-refractivity contribution < 1.29 is 17.9 Å². The number of rotatable bonds is 8. The highest BCUT2D eigenvalue weighted by atomic mass is 35.5. The van der Waals surface area contributed by atoms with Crippen molar-refractivity contribution in [2.24, 2.45) is 0 Å². The molecule has 0 aliphatic rings. The fraction of sp³-hybridized carbons (Fsp3) is 0.286. The Morgan fingerprint density at radius 3 is 2.53 bits per heavy atom. The Bertz CT molecular complexity index is 1130. The van der Waals surface area contributed by atoms with E-state index in [1.54, 1.807) is 19.2 Å². The summed E-state index contributed by atoms with van der Waals surface area (Å²) in [6.07, 6.45) is 1.61. The number of sulfonamides is 1. The molecule has 1 aromatic heterocycles. The van der Waals surface area contributed by atoms with E-state index < -0.39 is 16.1 Å². The van der Waals surface area contributed by atoms with Crippen LogP contribution in [0.5, 0.6) is 17.5 Å². The second kappa shape index (κ2) is 9.07.